The van der Waals surface area contributed by atoms with Crippen LogP contribution < -0.4 is 5.43 Å². The maximum atomic E-state index is 11.8. The number of nitrogens with zero attached hydrogens (tertiary/aromatic N) is 1. The number of ether oxygens (including phenoxy) is 1. The van der Waals surface area contributed by atoms with Gasteiger partial charge >= 0.3 is 5.97 Å². The van der Waals surface area contributed by atoms with Gasteiger partial charge in [0.2, 0.25) is 0 Å². The summed E-state index contributed by atoms with van der Waals surface area (Å²) >= 11 is 0. The van der Waals surface area contributed by atoms with Gasteiger partial charge in [-0.1, -0.05) is 12.1 Å². The maximum absolute atomic E-state index is 11.8. The van der Waals surface area contributed by atoms with Gasteiger partial charge in [0, 0.05) is 24.2 Å². The summed E-state index contributed by atoms with van der Waals surface area (Å²) in [5, 5.41) is 0.666. The van der Waals surface area contributed by atoms with E-state index >= 15 is 0 Å². The molecule has 0 N–H and O–H groups in total. The highest BCUT2D eigenvalue weighted by Gasteiger charge is 2.16. The quantitative estimate of drug-likeness (QED) is 0.808. The molecule has 0 aliphatic rings. The highest BCUT2D eigenvalue weighted by atomic mass is 16.6. The molecule has 4 nitrogen and oxygen atoms in total. The van der Waals surface area contributed by atoms with E-state index in [9.17, 15) is 9.59 Å². The van der Waals surface area contributed by atoms with Gasteiger partial charge in [-0.2, -0.15) is 0 Å². The van der Waals surface area contributed by atoms with Crippen LogP contribution in [0, 0.1) is 0 Å². The summed E-state index contributed by atoms with van der Waals surface area (Å²) in [6, 6.07) is 8.92. The van der Waals surface area contributed by atoms with Gasteiger partial charge in [-0.15, -0.1) is 0 Å². The summed E-state index contributed by atoms with van der Waals surface area (Å²) in [7, 11) is 0. The van der Waals surface area contributed by atoms with Gasteiger partial charge in [0.15, 0.2) is 5.43 Å². The van der Waals surface area contributed by atoms with E-state index in [1.807, 2.05) is 43.5 Å². The number of hydrogen-bond acceptors (Lipinski definition) is 3. The van der Waals surface area contributed by atoms with Crippen molar-refractivity contribution in [3.05, 3.63) is 46.8 Å². The Morgan fingerprint density at radius 3 is 2.60 bits per heavy atom. The Hall–Kier alpha value is -2.10. The van der Waals surface area contributed by atoms with Crippen molar-refractivity contribution in [2.24, 2.45) is 0 Å². The second-order valence-electron chi connectivity index (χ2n) is 5.73. The molecule has 4 heteroatoms. The predicted octanol–water partition coefficient (Wildman–Crippen LogP) is 2.73. The number of pyridine rings is 1. The topological polar surface area (TPSA) is 48.3 Å². The second kappa shape index (κ2) is 5.49. The fraction of sp³-hybridized carbons (Fsp3) is 0.375. The number of benzene rings is 1. The molecular formula is C16H19NO3. The molecule has 0 spiro atoms. The van der Waals surface area contributed by atoms with Crippen LogP contribution in [0.5, 0.6) is 0 Å². The van der Waals surface area contributed by atoms with Crippen LogP contribution in [0.15, 0.2) is 41.3 Å². The van der Waals surface area contributed by atoms with Crippen LogP contribution in [-0.2, 0) is 16.1 Å². The van der Waals surface area contributed by atoms with Gasteiger partial charge < -0.3 is 9.30 Å². The summed E-state index contributed by atoms with van der Waals surface area (Å²) in [5.74, 6) is -0.236. The molecule has 2 aromatic rings. The highest BCUT2D eigenvalue weighted by Crippen LogP contribution is 2.12. The number of rotatable bonds is 3. The van der Waals surface area contributed by atoms with E-state index in [1.54, 1.807) is 12.3 Å². The molecule has 1 heterocycles. The average molecular weight is 273 g/mol. The number of esters is 1. The summed E-state index contributed by atoms with van der Waals surface area (Å²) in [6.45, 7) is 6.04. The SMILES string of the molecule is CC(C)(C)OC(=O)CCn1ccc(=O)c2ccccc21. The molecular weight excluding hydrogens is 254 g/mol. The molecule has 1 aromatic carbocycles. The lowest BCUT2D eigenvalue weighted by molar-refractivity contribution is -0.155. The van der Waals surface area contributed by atoms with Crippen molar-refractivity contribution in [2.45, 2.75) is 39.3 Å². The lowest BCUT2D eigenvalue weighted by Crippen LogP contribution is -2.24. The standard InChI is InChI=1S/C16H19NO3/c1-16(2,3)20-15(19)9-11-17-10-8-14(18)12-6-4-5-7-13(12)17/h4-8,10H,9,11H2,1-3H3. The number of hydrogen-bond donors (Lipinski definition) is 0. The van der Waals surface area contributed by atoms with Gasteiger partial charge in [0.25, 0.3) is 0 Å². The van der Waals surface area contributed by atoms with Gasteiger partial charge in [0.1, 0.15) is 5.60 Å². The molecule has 0 saturated heterocycles. The summed E-state index contributed by atoms with van der Waals surface area (Å²) in [6.07, 6.45) is 2.00. The molecule has 0 amide bonds. The fourth-order valence-electron chi connectivity index (χ4n) is 2.06. The first kappa shape index (κ1) is 14.3. The van der Waals surface area contributed by atoms with Crippen LogP contribution in [-0.4, -0.2) is 16.1 Å². The first-order chi connectivity index (χ1) is 9.37. The molecule has 0 bridgehead atoms. The maximum Gasteiger partial charge on any atom is 0.308 e. The monoisotopic (exact) mass is 273 g/mol. The Morgan fingerprint density at radius 2 is 1.90 bits per heavy atom. The highest BCUT2D eigenvalue weighted by molar-refractivity contribution is 5.78. The van der Waals surface area contributed by atoms with Crippen molar-refractivity contribution in [2.75, 3.05) is 0 Å². The smallest absolute Gasteiger partial charge is 0.308 e. The van der Waals surface area contributed by atoms with Gasteiger partial charge in [-0.25, -0.2) is 0 Å². The van der Waals surface area contributed by atoms with E-state index in [0.717, 1.165) is 5.52 Å². The molecule has 0 saturated carbocycles. The predicted molar refractivity (Wildman–Crippen MR) is 78.7 cm³/mol. The first-order valence-corrected chi connectivity index (χ1v) is 6.67. The first-order valence-electron chi connectivity index (χ1n) is 6.67. The summed E-state index contributed by atoms with van der Waals surface area (Å²) < 4.78 is 7.18. The van der Waals surface area contributed by atoms with Crippen molar-refractivity contribution >= 4 is 16.9 Å². The number of carbonyl (C=O) groups excluding carboxylic acids is 1. The molecule has 0 unspecified atom stereocenters. The van der Waals surface area contributed by atoms with E-state index in [1.165, 1.54) is 6.07 Å². The van der Waals surface area contributed by atoms with Gasteiger partial charge in [0.05, 0.1) is 11.9 Å². The van der Waals surface area contributed by atoms with Crippen LogP contribution >= 0.6 is 0 Å². The Bertz CT molecular complexity index is 680. The number of para-hydroxylation sites is 1. The van der Waals surface area contributed by atoms with Crippen molar-refractivity contribution in [1.29, 1.82) is 0 Å². The van der Waals surface area contributed by atoms with Gasteiger partial charge in [-0.3, -0.25) is 9.59 Å². The third-order valence-corrected chi connectivity index (χ3v) is 2.86. The Labute approximate surface area is 118 Å². The molecule has 20 heavy (non-hydrogen) atoms. The zero-order valence-electron chi connectivity index (χ0n) is 12.1. The van der Waals surface area contributed by atoms with Crippen LogP contribution in [0.3, 0.4) is 0 Å². The minimum Gasteiger partial charge on any atom is -0.460 e. The third-order valence-electron chi connectivity index (χ3n) is 2.86. The lowest BCUT2D eigenvalue weighted by atomic mass is 10.2. The molecule has 2 rings (SSSR count). The Kier molecular flexibility index (Phi) is 3.93. The van der Waals surface area contributed by atoms with Crippen LogP contribution in [0.4, 0.5) is 0 Å². The van der Waals surface area contributed by atoms with E-state index in [4.69, 9.17) is 4.74 Å². The largest absolute Gasteiger partial charge is 0.460 e. The molecule has 0 fully saturated rings. The normalized spacial score (nSPS) is 11.6. The number of fused-ring (bicyclic) bond motifs is 1. The van der Waals surface area contributed by atoms with Crippen molar-refractivity contribution in [1.82, 2.24) is 4.57 Å². The van der Waals surface area contributed by atoms with Crippen molar-refractivity contribution in [3.8, 4) is 0 Å². The minimum atomic E-state index is -0.470. The molecule has 0 radical (unpaired) electrons. The Balaban J connectivity index is 2.17. The zero-order valence-corrected chi connectivity index (χ0v) is 12.1. The van der Waals surface area contributed by atoms with Crippen LogP contribution in [0.25, 0.3) is 10.9 Å². The van der Waals surface area contributed by atoms with Crippen LogP contribution in [0.1, 0.15) is 27.2 Å². The molecule has 0 aliphatic heterocycles. The molecule has 1 aromatic heterocycles. The molecule has 0 atom stereocenters. The zero-order chi connectivity index (χ0) is 14.8. The van der Waals surface area contributed by atoms with E-state index in [0.29, 0.717) is 11.9 Å². The van der Waals surface area contributed by atoms with Crippen molar-refractivity contribution in [3.63, 3.8) is 0 Å². The summed E-state index contributed by atoms with van der Waals surface area (Å²) in [4.78, 5) is 23.5. The van der Waals surface area contributed by atoms with Crippen LogP contribution in [0.2, 0.25) is 0 Å². The minimum absolute atomic E-state index is 0.00545. The van der Waals surface area contributed by atoms with Gasteiger partial charge in [-0.05, 0) is 32.9 Å². The average Bonchev–Trinajstić information content (AvgIpc) is 2.36. The second-order valence-corrected chi connectivity index (χ2v) is 5.73. The lowest BCUT2D eigenvalue weighted by Gasteiger charge is -2.19. The number of aryl methyl sites for hydroxylation is 1. The number of carbonyl (C=O) groups is 1. The third kappa shape index (κ3) is 3.47. The summed E-state index contributed by atoms with van der Waals surface area (Å²) in [5.41, 5.74) is 0.362. The van der Waals surface area contributed by atoms with Crippen molar-refractivity contribution < 1.29 is 9.53 Å². The van der Waals surface area contributed by atoms with E-state index < -0.39 is 5.60 Å². The molecule has 106 valence electrons. The molecule has 0 aliphatic carbocycles. The number of aromatic nitrogens is 1. The van der Waals surface area contributed by atoms with E-state index in [-0.39, 0.29) is 17.8 Å². The van der Waals surface area contributed by atoms with E-state index in [2.05, 4.69) is 0 Å². The fourth-order valence-corrected chi connectivity index (χ4v) is 2.06. The Morgan fingerprint density at radius 1 is 1.20 bits per heavy atom.